The lowest BCUT2D eigenvalue weighted by molar-refractivity contribution is 0.380. The van der Waals surface area contributed by atoms with E-state index in [1.807, 2.05) is 29.6 Å². The smallest absolute Gasteiger partial charge is 0.187 e. The fourth-order valence-corrected chi connectivity index (χ4v) is 1.91. The molecule has 0 bridgehead atoms. The fourth-order valence-electron chi connectivity index (χ4n) is 1.22. The zero-order valence-corrected chi connectivity index (χ0v) is 10.6. The molecule has 0 radical (unpaired) electrons. The molecule has 0 aliphatic heterocycles. The van der Waals surface area contributed by atoms with Gasteiger partial charge in [0.2, 0.25) is 0 Å². The maximum atomic E-state index is 5.60. The zero-order valence-electron chi connectivity index (χ0n) is 8.95. The maximum Gasteiger partial charge on any atom is 0.187 e. The van der Waals surface area contributed by atoms with Crippen molar-refractivity contribution < 1.29 is 4.42 Å². The first-order chi connectivity index (χ1) is 8.25. The minimum absolute atomic E-state index is 0.217. The van der Waals surface area contributed by atoms with Crippen molar-refractivity contribution in [2.24, 2.45) is 10.8 Å². The molecule has 4 nitrogen and oxygen atoms in total. The molecule has 0 aliphatic rings. The molecule has 2 rings (SSSR count). The van der Waals surface area contributed by atoms with Gasteiger partial charge in [0.25, 0.3) is 0 Å². The molecule has 17 heavy (non-hydrogen) atoms. The topological polar surface area (TPSA) is 54.8 Å². The summed E-state index contributed by atoms with van der Waals surface area (Å²) in [4.78, 5) is 1.05. The lowest BCUT2D eigenvalue weighted by atomic mass is 10.4. The van der Waals surface area contributed by atoms with Crippen LogP contribution in [-0.2, 0) is 6.54 Å². The molecule has 0 amide bonds. The SMILES string of the molecule is NC(=S)N(Cc1ccco1)/N=C\c1cccs1. The highest BCUT2D eigenvalue weighted by molar-refractivity contribution is 7.80. The van der Waals surface area contributed by atoms with Crippen molar-refractivity contribution in [1.29, 1.82) is 0 Å². The number of thiophene rings is 1. The van der Waals surface area contributed by atoms with E-state index in [0.29, 0.717) is 6.54 Å². The Morgan fingerprint density at radius 3 is 3.00 bits per heavy atom. The van der Waals surface area contributed by atoms with Crippen molar-refractivity contribution in [2.75, 3.05) is 0 Å². The second-order valence-corrected chi connectivity index (χ2v) is 4.63. The molecule has 0 spiro atoms. The summed E-state index contributed by atoms with van der Waals surface area (Å²) in [6.45, 7) is 0.435. The van der Waals surface area contributed by atoms with E-state index in [4.69, 9.17) is 22.4 Å². The standard InChI is InChI=1S/C11H11N3OS2/c12-11(16)14(8-9-3-1-5-15-9)13-7-10-4-2-6-17-10/h1-7H,8H2,(H2,12,16)/b13-7-. The second kappa shape index (κ2) is 5.60. The number of hydrogen-bond acceptors (Lipinski definition) is 4. The molecular formula is C11H11N3OS2. The summed E-state index contributed by atoms with van der Waals surface area (Å²) < 4.78 is 5.22. The van der Waals surface area contributed by atoms with E-state index in [-0.39, 0.29) is 5.11 Å². The molecule has 0 aliphatic carbocycles. The van der Waals surface area contributed by atoms with Crippen LogP contribution in [0.5, 0.6) is 0 Å². The first-order valence-electron chi connectivity index (χ1n) is 4.92. The molecule has 88 valence electrons. The molecule has 2 heterocycles. The van der Waals surface area contributed by atoms with E-state index < -0.39 is 0 Å². The minimum Gasteiger partial charge on any atom is -0.467 e. The Labute approximate surface area is 108 Å². The van der Waals surface area contributed by atoms with Gasteiger partial charge in [0.15, 0.2) is 5.11 Å². The number of furan rings is 1. The van der Waals surface area contributed by atoms with Gasteiger partial charge in [0.1, 0.15) is 12.3 Å². The third-order valence-corrected chi connectivity index (χ3v) is 3.03. The number of hydrogen-bond donors (Lipinski definition) is 1. The van der Waals surface area contributed by atoms with E-state index in [9.17, 15) is 0 Å². The van der Waals surface area contributed by atoms with Crippen LogP contribution in [0.15, 0.2) is 45.4 Å². The van der Waals surface area contributed by atoms with Crippen LogP contribution in [0.3, 0.4) is 0 Å². The molecule has 0 fully saturated rings. The molecule has 0 saturated heterocycles. The number of thiocarbonyl (C=S) groups is 1. The fraction of sp³-hybridized carbons (Fsp3) is 0.0909. The van der Waals surface area contributed by atoms with Gasteiger partial charge in [0, 0.05) is 4.88 Å². The largest absolute Gasteiger partial charge is 0.467 e. The Morgan fingerprint density at radius 2 is 2.41 bits per heavy atom. The van der Waals surface area contributed by atoms with Crippen LogP contribution in [0.4, 0.5) is 0 Å². The first kappa shape index (κ1) is 11.8. The Hall–Kier alpha value is -1.66. The normalized spacial score (nSPS) is 10.8. The van der Waals surface area contributed by atoms with E-state index in [1.165, 1.54) is 5.01 Å². The van der Waals surface area contributed by atoms with Gasteiger partial charge in [-0.2, -0.15) is 5.10 Å². The Morgan fingerprint density at radius 1 is 1.53 bits per heavy atom. The summed E-state index contributed by atoms with van der Waals surface area (Å²) in [6.07, 6.45) is 3.34. The van der Waals surface area contributed by atoms with Crippen molar-refractivity contribution in [1.82, 2.24) is 5.01 Å². The first-order valence-corrected chi connectivity index (χ1v) is 6.21. The minimum atomic E-state index is 0.217. The second-order valence-electron chi connectivity index (χ2n) is 3.24. The Kier molecular flexibility index (Phi) is 3.89. The van der Waals surface area contributed by atoms with Crippen molar-refractivity contribution in [3.8, 4) is 0 Å². The van der Waals surface area contributed by atoms with Crippen LogP contribution in [0.25, 0.3) is 0 Å². The Balaban J connectivity index is 2.05. The van der Waals surface area contributed by atoms with Gasteiger partial charge >= 0.3 is 0 Å². The van der Waals surface area contributed by atoms with E-state index >= 15 is 0 Å². The molecule has 2 aromatic heterocycles. The molecule has 2 N–H and O–H groups in total. The predicted octanol–water partition coefficient (Wildman–Crippen LogP) is 2.42. The highest BCUT2D eigenvalue weighted by atomic mass is 32.1. The van der Waals surface area contributed by atoms with Crippen molar-refractivity contribution in [3.05, 3.63) is 46.5 Å². The average molecular weight is 265 g/mol. The highest BCUT2D eigenvalue weighted by Crippen LogP contribution is 2.08. The molecule has 0 aromatic carbocycles. The van der Waals surface area contributed by atoms with Crippen LogP contribution < -0.4 is 5.73 Å². The summed E-state index contributed by atoms with van der Waals surface area (Å²) in [7, 11) is 0. The van der Waals surface area contributed by atoms with E-state index in [2.05, 4.69) is 5.10 Å². The molecule has 0 unspecified atom stereocenters. The van der Waals surface area contributed by atoms with Gasteiger partial charge in [-0.15, -0.1) is 11.3 Å². The summed E-state index contributed by atoms with van der Waals surface area (Å²) in [5, 5.41) is 7.96. The summed E-state index contributed by atoms with van der Waals surface area (Å²) in [6, 6.07) is 7.60. The number of hydrazone groups is 1. The van der Waals surface area contributed by atoms with Gasteiger partial charge in [-0.3, -0.25) is 0 Å². The molecule has 6 heteroatoms. The highest BCUT2D eigenvalue weighted by Gasteiger charge is 2.07. The van der Waals surface area contributed by atoms with Gasteiger partial charge < -0.3 is 10.2 Å². The third kappa shape index (κ3) is 3.40. The van der Waals surface area contributed by atoms with Gasteiger partial charge in [-0.1, -0.05) is 6.07 Å². The zero-order chi connectivity index (χ0) is 12.1. The Bertz CT molecular complexity index is 491. The van der Waals surface area contributed by atoms with E-state index in [0.717, 1.165) is 10.6 Å². The average Bonchev–Trinajstić information content (AvgIpc) is 2.97. The maximum absolute atomic E-state index is 5.60. The summed E-state index contributed by atoms with van der Waals surface area (Å²) >= 11 is 6.54. The molecule has 2 aromatic rings. The number of nitrogens with zero attached hydrogens (tertiary/aromatic N) is 2. The number of rotatable bonds is 4. The van der Waals surface area contributed by atoms with E-state index in [1.54, 1.807) is 23.8 Å². The van der Waals surface area contributed by atoms with Crippen molar-refractivity contribution >= 4 is 34.9 Å². The van der Waals surface area contributed by atoms with Gasteiger partial charge in [0.05, 0.1) is 12.5 Å². The summed E-state index contributed by atoms with van der Waals surface area (Å²) in [5.41, 5.74) is 5.60. The predicted molar refractivity (Wildman–Crippen MR) is 72.9 cm³/mol. The monoisotopic (exact) mass is 265 g/mol. The van der Waals surface area contributed by atoms with Crippen molar-refractivity contribution in [3.63, 3.8) is 0 Å². The summed E-state index contributed by atoms with van der Waals surface area (Å²) in [5.74, 6) is 0.765. The molecule has 0 atom stereocenters. The van der Waals surface area contributed by atoms with Crippen LogP contribution >= 0.6 is 23.6 Å². The van der Waals surface area contributed by atoms with Crippen LogP contribution in [0.2, 0.25) is 0 Å². The molecular weight excluding hydrogens is 254 g/mol. The quantitative estimate of drug-likeness (QED) is 0.524. The third-order valence-electron chi connectivity index (χ3n) is 2.01. The number of nitrogens with two attached hydrogens (primary N) is 1. The molecule has 0 saturated carbocycles. The lowest BCUT2D eigenvalue weighted by Gasteiger charge is -2.14. The van der Waals surface area contributed by atoms with Gasteiger partial charge in [-0.05, 0) is 35.8 Å². The van der Waals surface area contributed by atoms with Crippen LogP contribution in [-0.4, -0.2) is 16.3 Å². The van der Waals surface area contributed by atoms with Crippen LogP contribution in [0, 0.1) is 0 Å². The lowest BCUT2D eigenvalue weighted by Crippen LogP contribution is -2.30. The van der Waals surface area contributed by atoms with Crippen LogP contribution in [0.1, 0.15) is 10.6 Å². The van der Waals surface area contributed by atoms with Gasteiger partial charge in [-0.25, -0.2) is 5.01 Å². The van der Waals surface area contributed by atoms with Crippen molar-refractivity contribution in [2.45, 2.75) is 6.54 Å².